The van der Waals surface area contributed by atoms with Gasteiger partial charge in [0.1, 0.15) is 12.4 Å². The van der Waals surface area contributed by atoms with Crippen molar-refractivity contribution in [2.75, 3.05) is 5.32 Å². The number of hydrogen-bond donors (Lipinski definition) is 1. The number of para-hydroxylation sites is 2. The summed E-state index contributed by atoms with van der Waals surface area (Å²) in [6.07, 6.45) is 0. The maximum absolute atomic E-state index is 12.4. The lowest BCUT2D eigenvalue weighted by Gasteiger charge is -2.08. The van der Waals surface area contributed by atoms with E-state index in [9.17, 15) is 4.79 Å². The number of anilines is 1. The van der Waals surface area contributed by atoms with Crippen LogP contribution in [0.25, 0.3) is 0 Å². The minimum Gasteiger partial charge on any atom is -0.484 e. The maximum Gasteiger partial charge on any atom is 0.255 e. The number of rotatable bonds is 8. The molecule has 1 N–H and O–H groups in total. The van der Waals surface area contributed by atoms with E-state index >= 15 is 0 Å². The Morgan fingerprint density at radius 2 is 1.72 bits per heavy atom. The quantitative estimate of drug-likeness (QED) is 0.344. The van der Waals surface area contributed by atoms with E-state index in [1.54, 1.807) is 17.8 Å². The summed E-state index contributed by atoms with van der Waals surface area (Å²) in [7, 11) is 1.91. The number of thioether (sulfide) groups is 1. The molecule has 0 spiro atoms. The van der Waals surface area contributed by atoms with Crippen molar-refractivity contribution < 1.29 is 9.53 Å². The zero-order valence-corrected chi connectivity index (χ0v) is 18.9. The Morgan fingerprint density at radius 3 is 2.47 bits per heavy atom. The number of carbonyl (C=O) groups excluding carboxylic acids is 1. The van der Waals surface area contributed by atoms with Gasteiger partial charge < -0.3 is 14.6 Å². The third-order valence-corrected chi connectivity index (χ3v) is 6.14. The average Bonchev–Trinajstić information content (AvgIpc) is 3.17. The Hall–Kier alpha value is -3.29. The molecule has 8 heteroatoms. The van der Waals surface area contributed by atoms with Crippen LogP contribution >= 0.6 is 23.4 Å². The van der Waals surface area contributed by atoms with Crippen molar-refractivity contribution in [2.24, 2.45) is 7.05 Å². The standard InChI is InChI=1S/C24H21ClN4O2S/c1-29-22(15-31-21-10-6-5-9-20(21)25)27-28-24(29)32-16-17-11-13-18(14-12-17)23(30)26-19-7-3-2-4-8-19/h2-14H,15-16H2,1H3,(H,26,30). The summed E-state index contributed by atoms with van der Waals surface area (Å²) < 4.78 is 7.66. The molecule has 0 radical (unpaired) electrons. The second-order valence-corrected chi connectivity index (χ2v) is 8.33. The van der Waals surface area contributed by atoms with E-state index in [1.807, 2.05) is 84.4 Å². The summed E-state index contributed by atoms with van der Waals surface area (Å²) in [5.74, 6) is 1.90. The second-order valence-electron chi connectivity index (χ2n) is 6.98. The monoisotopic (exact) mass is 464 g/mol. The number of hydrogen-bond acceptors (Lipinski definition) is 5. The highest BCUT2D eigenvalue weighted by Crippen LogP contribution is 2.25. The molecule has 32 heavy (non-hydrogen) atoms. The maximum atomic E-state index is 12.4. The van der Waals surface area contributed by atoms with Crippen molar-refractivity contribution in [1.82, 2.24) is 14.8 Å². The first-order chi connectivity index (χ1) is 15.6. The van der Waals surface area contributed by atoms with Crippen molar-refractivity contribution in [1.29, 1.82) is 0 Å². The first kappa shape index (κ1) is 21.9. The molecule has 4 aromatic rings. The van der Waals surface area contributed by atoms with Gasteiger partial charge in [-0.15, -0.1) is 10.2 Å². The molecular weight excluding hydrogens is 444 g/mol. The normalized spacial score (nSPS) is 10.7. The summed E-state index contributed by atoms with van der Waals surface area (Å²) in [5.41, 5.74) is 2.47. The molecule has 0 fully saturated rings. The molecule has 162 valence electrons. The molecule has 0 saturated carbocycles. The van der Waals surface area contributed by atoms with E-state index < -0.39 is 0 Å². The van der Waals surface area contributed by atoms with Crippen LogP contribution in [0.2, 0.25) is 5.02 Å². The van der Waals surface area contributed by atoms with E-state index in [2.05, 4.69) is 15.5 Å². The molecule has 0 aliphatic carbocycles. The third-order valence-electron chi connectivity index (χ3n) is 4.73. The van der Waals surface area contributed by atoms with Crippen molar-refractivity contribution >= 4 is 35.0 Å². The molecule has 1 amide bonds. The summed E-state index contributed by atoms with van der Waals surface area (Å²) in [5, 5.41) is 12.7. The van der Waals surface area contributed by atoms with Crippen LogP contribution in [0, 0.1) is 0 Å². The van der Waals surface area contributed by atoms with Crippen molar-refractivity contribution in [3.63, 3.8) is 0 Å². The molecule has 1 aromatic heterocycles. The Bertz CT molecular complexity index is 1200. The average molecular weight is 465 g/mol. The second kappa shape index (κ2) is 10.3. The molecule has 4 rings (SSSR count). The number of aromatic nitrogens is 3. The number of benzene rings is 3. The van der Waals surface area contributed by atoms with Gasteiger partial charge in [-0.3, -0.25) is 4.79 Å². The minimum atomic E-state index is -0.133. The Balaban J connectivity index is 1.32. The van der Waals surface area contributed by atoms with Crippen molar-refractivity contribution in [3.8, 4) is 5.75 Å². The molecular formula is C24H21ClN4O2S. The van der Waals surface area contributed by atoms with E-state index in [1.165, 1.54) is 0 Å². The van der Waals surface area contributed by atoms with Crippen LogP contribution in [-0.4, -0.2) is 20.7 Å². The van der Waals surface area contributed by atoms with Gasteiger partial charge in [0.2, 0.25) is 0 Å². The van der Waals surface area contributed by atoms with Crippen LogP contribution in [0.3, 0.4) is 0 Å². The number of nitrogens with zero attached hydrogens (tertiary/aromatic N) is 3. The lowest BCUT2D eigenvalue weighted by Crippen LogP contribution is -2.11. The van der Waals surface area contributed by atoms with E-state index in [0.717, 1.165) is 16.4 Å². The lowest BCUT2D eigenvalue weighted by molar-refractivity contribution is 0.102. The molecule has 6 nitrogen and oxygen atoms in total. The zero-order valence-electron chi connectivity index (χ0n) is 17.4. The van der Waals surface area contributed by atoms with Crippen LogP contribution in [0.1, 0.15) is 21.7 Å². The summed E-state index contributed by atoms with van der Waals surface area (Å²) >= 11 is 7.70. The number of carbonyl (C=O) groups is 1. The summed E-state index contributed by atoms with van der Waals surface area (Å²) in [6, 6.07) is 24.3. The Kier molecular flexibility index (Phi) is 7.09. The van der Waals surface area contributed by atoms with Crippen LogP contribution in [0.15, 0.2) is 84.0 Å². The summed E-state index contributed by atoms with van der Waals surface area (Å²) in [6.45, 7) is 0.277. The topological polar surface area (TPSA) is 69.0 Å². The lowest BCUT2D eigenvalue weighted by atomic mass is 10.1. The predicted octanol–water partition coefficient (Wildman–Crippen LogP) is 5.59. The van der Waals surface area contributed by atoms with Gasteiger partial charge in [-0.1, -0.05) is 65.8 Å². The van der Waals surface area contributed by atoms with Gasteiger partial charge in [0, 0.05) is 24.1 Å². The van der Waals surface area contributed by atoms with Gasteiger partial charge in [0.25, 0.3) is 5.91 Å². The van der Waals surface area contributed by atoms with Gasteiger partial charge in [-0.2, -0.15) is 0 Å². The Labute approximate surface area is 195 Å². The number of ether oxygens (including phenoxy) is 1. The number of nitrogens with one attached hydrogen (secondary N) is 1. The molecule has 0 atom stereocenters. The highest BCUT2D eigenvalue weighted by molar-refractivity contribution is 7.98. The number of amides is 1. The fraction of sp³-hybridized carbons (Fsp3) is 0.125. The van der Waals surface area contributed by atoms with Crippen LogP contribution in [0.5, 0.6) is 5.75 Å². The van der Waals surface area contributed by atoms with Gasteiger partial charge in [0.05, 0.1) is 5.02 Å². The van der Waals surface area contributed by atoms with E-state index in [0.29, 0.717) is 27.9 Å². The summed E-state index contributed by atoms with van der Waals surface area (Å²) in [4.78, 5) is 12.4. The highest BCUT2D eigenvalue weighted by Gasteiger charge is 2.12. The molecule has 3 aromatic carbocycles. The number of halogens is 1. The third kappa shape index (κ3) is 5.49. The van der Waals surface area contributed by atoms with Crippen molar-refractivity contribution in [2.45, 2.75) is 17.5 Å². The molecule has 0 saturated heterocycles. The molecule has 0 unspecified atom stereocenters. The van der Waals surface area contributed by atoms with Gasteiger partial charge in [-0.25, -0.2) is 0 Å². The minimum absolute atomic E-state index is 0.133. The van der Waals surface area contributed by atoms with Crippen LogP contribution in [-0.2, 0) is 19.4 Å². The molecule has 0 aliphatic rings. The van der Waals surface area contributed by atoms with E-state index in [-0.39, 0.29) is 12.5 Å². The fourth-order valence-electron chi connectivity index (χ4n) is 2.93. The zero-order chi connectivity index (χ0) is 22.3. The van der Waals surface area contributed by atoms with Crippen LogP contribution in [0.4, 0.5) is 5.69 Å². The Morgan fingerprint density at radius 1 is 1.00 bits per heavy atom. The van der Waals surface area contributed by atoms with E-state index in [4.69, 9.17) is 16.3 Å². The smallest absolute Gasteiger partial charge is 0.255 e. The van der Waals surface area contributed by atoms with Gasteiger partial charge in [-0.05, 0) is 42.0 Å². The van der Waals surface area contributed by atoms with Gasteiger partial charge >= 0.3 is 0 Å². The highest BCUT2D eigenvalue weighted by atomic mass is 35.5. The largest absolute Gasteiger partial charge is 0.484 e. The first-order valence-corrected chi connectivity index (χ1v) is 11.3. The van der Waals surface area contributed by atoms with Crippen molar-refractivity contribution in [3.05, 3.63) is 101 Å². The molecule has 1 heterocycles. The SMILES string of the molecule is Cn1c(COc2ccccc2Cl)nnc1SCc1ccc(C(=O)Nc2ccccc2)cc1. The predicted molar refractivity (Wildman–Crippen MR) is 127 cm³/mol. The van der Waals surface area contributed by atoms with Crippen LogP contribution < -0.4 is 10.1 Å². The first-order valence-electron chi connectivity index (χ1n) is 9.94. The molecule has 0 aliphatic heterocycles. The van der Waals surface area contributed by atoms with Gasteiger partial charge in [0.15, 0.2) is 11.0 Å². The molecule has 0 bridgehead atoms. The fourth-order valence-corrected chi connectivity index (χ4v) is 4.00.